The molecule has 11 nitrogen and oxygen atoms in total. The van der Waals surface area contributed by atoms with Crippen molar-refractivity contribution in [2.24, 2.45) is 0 Å². The lowest BCUT2D eigenvalue weighted by atomic mass is 10.0. The van der Waals surface area contributed by atoms with Crippen LogP contribution in [0.5, 0.6) is 0 Å². The average Bonchev–Trinajstić information content (AvgIpc) is 3.28. The topological polar surface area (TPSA) is 140 Å². The van der Waals surface area contributed by atoms with Gasteiger partial charge in [-0.25, -0.2) is 27.9 Å². The molecule has 192 valence electrons. The molecule has 14 heteroatoms. The number of piperazine rings is 1. The molecule has 1 atom stereocenters. The lowest BCUT2D eigenvalue weighted by Crippen LogP contribution is -2.52. The number of benzene rings is 1. The van der Waals surface area contributed by atoms with Gasteiger partial charge in [-0.3, -0.25) is 0 Å². The number of alkyl halides is 1. The number of hydrogen-bond donors (Lipinski definition) is 2. The van der Waals surface area contributed by atoms with Crippen LogP contribution >= 0.6 is 0 Å². The third-order valence-corrected chi connectivity index (χ3v) is 5.80. The van der Waals surface area contributed by atoms with E-state index in [1.165, 1.54) is 12.1 Å². The average molecular weight is 513 g/mol. The van der Waals surface area contributed by atoms with Gasteiger partial charge in [-0.1, -0.05) is 0 Å². The van der Waals surface area contributed by atoms with E-state index in [1.54, 1.807) is 16.7 Å². The molecule has 3 heterocycles. The molecule has 37 heavy (non-hydrogen) atoms. The monoisotopic (exact) mass is 512 g/mol. The van der Waals surface area contributed by atoms with Gasteiger partial charge < -0.3 is 20.5 Å². The van der Waals surface area contributed by atoms with Crippen molar-refractivity contribution < 1.29 is 18.0 Å². The van der Waals surface area contributed by atoms with E-state index >= 15 is 0 Å². The van der Waals surface area contributed by atoms with Crippen LogP contribution < -0.4 is 10.2 Å². The van der Waals surface area contributed by atoms with Gasteiger partial charge in [0.25, 0.3) is 0 Å². The van der Waals surface area contributed by atoms with Gasteiger partial charge in [-0.15, -0.1) is 5.10 Å². The number of rotatable bonds is 7. The first-order chi connectivity index (χ1) is 17.8. The summed E-state index contributed by atoms with van der Waals surface area (Å²) in [5, 5.41) is 23.3. The number of amides is 2. The second-order valence-electron chi connectivity index (χ2n) is 8.26. The highest BCUT2D eigenvalue weighted by atomic mass is 19.1. The van der Waals surface area contributed by atoms with Crippen LogP contribution in [0, 0.1) is 35.3 Å². The molecule has 1 fully saturated rings. The van der Waals surface area contributed by atoms with Crippen LogP contribution in [-0.4, -0.2) is 68.1 Å². The zero-order chi connectivity index (χ0) is 26.5. The van der Waals surface area contributed by atoms with Crippen LogP contribution in [0.1, 0.15) is 35.2 Å². The number of urea groups is 1. The first kappa shape index (κ1) is 25.5. The fourth-order valence-electron chi connectivity index (χ4n) is 3.98. The minimum atomic E-state index is -0.892. The summed E-state index contributed by atoms with van der Waals surface area (Å²) < 4.78 is 42.4. The highest BCUT2D eigenvalue weighted by Gasteiger charge is 2.26. The first-order valence-electron chi connectivity index (χ1n) is 11.3. The summed E-state index contributed by atoms with van der Waals surface area (Å²) in [4.78, 5) is 28.5. The van der Waals surface area contributed by atoms with E-state index in [1.807, 2.05) is 6.07 Å². The van der Waals surface area contributed by atoms with Crippen LogP contribution in [-0.2, 0) is 6.67 Å². The second-order valence-corrected chi connectivity index (χ2v) is 8.26. The number of aromatic nitrogens is 5. The number of hydrogen-bond acceptors (Lipinski definition) is 8. The summed E-state index contributed by atoms with van der Waals surface area (Å²) in [6, 6.07) is 4.59. The Bertz CT molecular complexity index is 1350. The summed E-state index contributed by atoms with van der Waals surface area (Å²) in [7, 11) is 0. The highest BCUT2D eigenvalue weighted by Crippen LogP contribution is 2.21. The largest absolute Gasteiger partial charge is 0.337 e. The minimum Gasteiger partial charge on any atom is -0.337 e. The summed E-state index contributed by atoms with van der Waals surface area (Å²) in [6.07, 6.45) is 2.23. The third-order valence-electron chi connectivity index (χ3n) is 5.80. The molecule has 0 unspecified atom stereocenters. The van der Waals surface area contributed by atoms with Crippen molar-refractivity contribution in [3.05, 3.63) is 58.8 Å². The van der Waals surface area contributed by atoms with E-state index in [0.717, 1.165) is 23.2 Å². The van der Waals surface area contributed by atoms with Crippen molar-refractivity contribution in [2.45, 2.75) is 26.1 Å². The van der Waals surface area contributed by atoms with Crippen molar-refractivity contribution in [1.29, 1.82) is 10.7 Å². The fourth-order valence-corrected chi connectivity index (χ4v) is 3.98. The predicted octanol–water partition coefficient (Wildman–Crippen LogP) is 2.60. The summed E-state index contributed by atoms with van der Waals surface area (Å²) in [5.74, 6) is -1.09. The van der Waals surface area contributed by atoms with E-state index in [0.29, 0.717) is 31.7 Å². The molecule has 1 aliphatic heterocycles. The van der Waals surface area contributed by atoms with Crippen LogP contribution in [0.2, 0.25) is 0 Å². The van der Waals surface area contributed by atoms with Gasteiger partial charge in [-0.05, 0) is 36.9 Å². The molecular weight excluding hydrogens is 489 g/mol. The Balaban J connectivity index is 1.44. The number of nitrogens with one attached hydrogen (secondary N) is 2. The molecule has 0 saturated carbocycles. The molecule has 2 aromatic heterocycles. The molecule has 1 aliphatic rings. The van der Waals surface area contributed by atoms with Crippen molar-refractivity contribution in [2.75, 3.05) is 31.1 Å². The molecule has 0 radical (unpaired) electrons. The summed E-state index contributed by atoms with van der Waals surface area (Å²) in [5.41, 5.74) is 0.507. The molecule has 1 aromatic carbocycles. The molecule has 2 N–H and O–H groups in total. The maximum Gasteiger partial charge on any atom is 0.318 e. The van der Waals surface area contributed by atoms with Crippen LogP contribution in [0.4, 0.5) is 23.9 Å². The van der Waals surface area contributed by atoms with Gasteiger partial charge in [0.15, 0.2) is 24.1 Å². The summed E-state index contributed by atoms with van der Waals surface area (Å²) >= 11 is 0. The first-order valence-corrected chi connectivity index (χ1v) is 11.3. The van der Waals surface area contributed by atoms with Gasteiger partial charge in [0.2, 0.25) is 5.95 Å². The van der Waals surface area contributed by atoms with Gasteiger partial charge in [-0.2, -0.15) is 14.9 Å². The molecule has 2 amide bonds. The van der Waals surface area contributed by atoms with E-state index < -0.39 is 30.4 Å². The van der Waals surface area contributed by atoms with Gasteiger partial charge >= 0.3 is 6.03 Å². The van der Waals surface area contributed by atoms with Gasteiger partial charge in [0.1, 0.15) is 11.6 Å². The molecule has 3 aromatic rings. The zero-order valence-electron chi connectivity index (χ0n) is 19.8. The van der Waals surface area contributed by atoms with E-state index in [2.05, 4.69) is 25.4 Å². The number of nitrogens with zero attached hydrogens (tertiary/aromatic N) is 8. The van der Waals surface area contributed by atoms with Gasteiger partial charge in [0, 0.05) is 32.6 Å². The van der Waals surface area contributed by atoms with E-state index in [-0.39, 0.29) is 35.4 Å². The maximum atomic E-state index is 14.4. The number of aryl methyl sites for hydroxylation is 1. The zero-order valence-corrected chi connectivity index (χ0v) is 19.8. The Labute approximate surface area is 210 Å². The van der Waals surface area contributed by atoms with Crippen molar-refractivity contribution in [3.63, 3.8) is 0 Å². The summed E-state index contributed by atoms with van der Waals surface area (Å²) in [6.45, 7) is 1.94. The highest BCUT2D eigenvalue weighted by molar-refractivity contribution is 5.75. The Morgan fingerprint density at radius 3 is 2.65 bits per heavy atom. The smallest absolute Gasteiger partial charge is 0.318 e. The number of nitriles is 1. The molecule has 0 spiro atoms. The Kier molecular flexibility index (Phi) is 7.61. The van der Waals surface area contributed by atoms with E-state index in [9.17, 15) is 18.0 Å². The Hall–Kier alpha value is -4.54. The maximum absolute atomic E-state index is 14.4. The lowest BCUT2D eigenvalue weighted by molar-refractivity contribution is 0.190. The number of anilines is 1. The fraction of sp³-hybridized carbons (Fsp3) is 0.348. The molecular formula is C23H23F3N10O. The Morgan fingerprint density at radius 1 is 1.24 bits per heavy atom. The second kappa shape index (κ2) is 11.0. The number of carbonyl (C=O) groups excluding carboxylic acids is 1. The van der Waals surface area contributed by atoms with Crippen LogP contribution in [0.25, 0.3) is 5.82 Å². The molecule has 0 bridgehead atoms. The quantitative estimate of drug-likeness (QED) is 0.464. The SMILES string of the molecule is Cc1nc(CF)nn1-c1nc(N2CCN(C(=O)N[C@@H](CC=N)c3cc(F)cc(C#N)c3)CC2)ncc1F. The van der Waals surface area contributed by atoms with Crippen LogP contribution in [0.15, 0.2) is 24.4 Å². The standard InChI is InChI=1S/C23H23F3N10O/c1-14-30-20(11-24)33-36(14)21-18(26)13-29-22(32-21)34-4-6-35(7-5-34)23(37)31-19(2-3-27)16-8-15(12-28)9-17(25)10-16/h3,8-10,13,19,27H,2,4-7,11H2,1H3,(H,31,37)/t19-/m0/s1. The van der Waals surface area contributed by atoms with Crippen molar-refractivity contribution in [1.82, 2.24) is 34.9 Å². The Morgan fingerprint density at radius 2 is 2.00 bits per heavy atom. The molecule has 0 aliphatic carbocycles. The predicted molar refractivity (Wildman–Crippen MR) is 126 cm³/mol. The third kappa shape index (κ3) is 5.66. The normalized spacial score (nSPS) is 14.2. The number of carbonyl (C=O) groups is 1. The minimum absolute atomic E-state index is 0.0832. The van der Waals surface area contributed by atoms with E-state index in [4.69, 9.17) is 10.7 Å². The van der Waals surface area contributed by atoms with Crippen LogP contribution in [0.3, 0.4) is 0 Å². The van der Waals surface area contributed by atoms with Gasteiger partial charge in [0.05, 0.1) is 23.9 Å². The van der Waals surface area contributed by atoms with Crippen molar-refractivity contribution in [3.8, 4) is 11.9 Å². The van der Waals surface area contributed by atoms with Crippen molar-refractivity contribution >= 4 is 18.2 Å². The number of halogens is 3. The molecule has 1 saturated heterocycles. The molecule has 4 rings (SSSR count). The lowest BCUT2D eigenvalue weighted by Gasteiger charge is -2.35.